The van der Waals surface area contributed by atoms with Crippen molar-refractivity contribution >= 4 is 28.0 Å². The van der Waals surface area contributed by atoms with Gasteiger partial charge in [-0.15, -0.1) is 0 Å². The van der Waals surface area contributed by atoms with Crippen molar-refractivity contribution in [3.8, 4) is 0 Å². The predicted octanol–water partition coefficient (Wildman–Crippen LogP) is 2.43. The SMILES string of the molecule is CCCN(C(Cc1cccc2ccccc12)C(=O)OC)S(=O)[O-]. The van der Waals surface area contributed by atoms with Crippen molar-refractivity contribution < 1.29 is 18.3 Å². The lowest BCUT2D eigenvalue weighted by Gasteiger charge is -2.31. The van der Waals surface area contributed by atoms with Gasteiger partial charge in [0.15, 0.2) is 0 Å². The Morgan fingerprint density at radius 2 is 1.96 bits per heavy atom. The molecule has 0 aliphatic rings. The topological polar surface area (TPSA) is 69.7 Å². The minimum atomic E-state index is -2.48. The molecule has 5 nitrogen and oxygen atoms in total. The van der Waals surface area contributed by atoms with Gasteiger partial charge in [0.25, 0.3) is 0 Å². The van der Waals surface area contributed by atoms with Crippen LogP contribution in [-0.4, -0.2) is 38.7 Å². The number of esters is 1. The standard InChI is InChI=1S/C17H21NO4S/c1-3-11-18(23(20)21)16(17(19)22-2)12-14-9-6-8-13-7-4-5-10-15(13)14/h4-10,16H,3,11-12H2,1-2H3,(H,20,21)/p-1. The highest BCUT2D eigenvalue weighted by atomic mass is 32.2. The molecule has 0 bridgehead atoms. The van der Waals surface area contributed by atoms with Crippen LogP contribution in [0.3, 0.4) is 0 Å². The first-order valence-corrected chi connectivity index (χ1v) is 8.52. The van der Waals surface area contributed by atoms with Crippen LogP contribution >= 0.6 is 0 Å². The molecule has 0 heterocycles. The van der Waals surface area contributed by atoms with Gasteiger partial charge in [-0.1, -0.05) is 49.4 Å². The Hall–Kier alpha value is -1.76. The lowest BCUT2D eigenvalue weighted by molar-refractivity contribution is -0.145. The minimum absolute atomic E-state index is 0.278. The van der Waals surface area contributed by atoms with Crippen molar-refractivity contribution in [2.45, 2.75) is 25.8 Å². The summed E-state index contributed by atoms with van der Waals surface area (Å²) in [5.41, 5.74) is 0.921. The molecule has 0 saturated carbocycles. The molecule has 23 heavy (non-hydrogen) atoms. The summed E-state index contributed by atoms with van der Waals surface area (Å²) in [7, 11) is 1.27. The Labute approximate surface area is 138 Å². The number of hydrogen-bond acceptors (Lipinski definition) is 4. The summed E-state index contributed by atoms with van der Waals surface area (Å²) in [4.78, 5) is 12.1. The van der Waals surface area contributed by atoms with Crippen LogP contribution in [0, 0.1) is 0 Å². The van der Waals surface area contributed by atoms with Gasteiger partial charge in [0, 0.05) is 24.2 Å². The number of hydrogen-bond donors (Lipinski definition) is 0. The Kier molecular flexibility index (Phi) is 6.27. The molecule has 2 rings (SSSR count). The Morgan fingerprint density at radius 1 is 1.26 bits per heavy atom. The Balaban J connectivity index is 2.40. The van der Waals surface area contributed by atoms with E-state index in [1.54, 1.807) is 0 Å². The van der Waals surface area contributed by atoms with E-state index in [4.69, 9.17) is 4.74 Å². The van der Waals surface area contributed by atoms with Crippen LogP contribution in [0.15, 0.2) is 42.5 Å². The molecular formula is C17H20NO4S-. The Morgan fingerprint density at radius 3 is 2.61 bits per heavy atom. The second kappa shape index (κ2) is 8.19. The van der Waals surface area contributed by atoms with E-state index in [-0.39, 0.29) is 13.0 Å². The van der Waals surface area contributed by atoms with Crippen molar-refractivity contribution in [1.29, 1.82) is 0 Å². The first kappa shape index (κ1) is 17.6. The summed E-state index contributed by atoms with van der Waals surface area (Å²) >= 11 is -2.48. The molecule has 0 amide bonds. The number of fused-ring (bicyclic) bond motifs is 1. The number of benzene rings is 2. The molecule has 0 aromatic heterocycles. The zero-order valence-electron chi connectivity index (χ0n) is 13.2. The zero-order chi connectivity index (χ0) is 16.8. The summed E-state index contributed by atoms with van der Waals surface area (Å²) < 4.78 is 29.0. The van der Waals surface area contributed by atoms with Crippen LogP contribution in [0.2, 0.25) is 0 Å². The highest BCUT2D eigenvalue weighted by molar-refractivity contribution is 7.76. The fourth-order valence-corrected chi connectivity index (χ4v) is 3.37. The van der Waals surface area contributed by atoms with E-state index in [1.165, 1.54) is 7.11 Å². The van der Waals surface area contributed by atoms with Crippen LogP contribution in [0.4, 0.5) is 0 Å². The first-order chi connectivity index (χ1) is 11.1. The van der Waals surface area contributed by atoms with Gasteiger partial charge in [0.1, 0.15) is 6.04 Å². The van der Waals surface area contributed by atoms with E-state index < -0.39 is 23.3 Å². The van der Waals surface area contributed by atoms with Crippen molar-refractivity contribution in [1.82, 2.24) is 4.31 Å². The molecule has 0 N–H and O–H groups in total. The second-order valence-electron chi connectivity index (χ2n) is 5.24. The van der Waals surface area contributed by atoms with E-state index in [9.17, 15) is 13.6 Å². The fraction of sp³-hybridized carbons (Fsp3) is 0.353. The van der Waals surface area contributed by atoms with Gasteiger partial charge in [-0.25, -0.2) is 4.31 Å². The summed E-state index contributed by atoms with van der Waals surface area (Å²) in [6.45, 7) is 2.15. The molecule has 0 aliphatic heterocycles. The van der Waals surface area contributed by atoms with Gasteiger partial charge in [-0.3, -0.25) is 9.00 Å². The van der Waals surface area contributed by atoms with Crippen molar-refractivity contribution in [3.63, 3.8) is 0 Å². The van der Waals surface area contributed by atoms with Crippen LogP contribution in [0.25, 0.3) is 10.8 Å². The molecule has 0 saturated heterocycles. The first-order valence-electron chi connectivity index (χ1n) is 7.49. The van der Waals surface area contributed by atoms with Crippen molar-refractivity contribution in [3.05, 3.63) is 48.0 Å². The maximum atomic E-state index is 12.1. The third-order valence-corrected chi connectivity index (χ3v) is 4.57. The highest BCUT2D eigenvalue weighted by Gasteiger charge is 2.28. The highest BCUT2D eigenvalue weighted by Crippen LogP contribution is 2.22. The largest absolute Gasteiger partial charge is 0.760 e. The fourth-order valence-electron chi connectivity index (χ4n) is 2.67. The summed E-state index contributed by atoms with van der Waals surface area (Å²) in [6.07, 6.45) is 0.902. The lowest BCUT2D eigenvalue weighted by Crippen LogP contribution is -2.44. The second-order valence-corrected chi connectivity index (χ2v) is 6.14. The Bertz CT molecular complexity index is 699. The molecule has 0 fully saturated rings. The summed E-state index contributed by atoms with van der Waals surface area (Å²) in [5, 5.41) is 2.07. The van der Waals surface area contributed by atoms with Crippen LogP contribution in [0.1, 0.15) is 18.9 Å². The molecule has 2 aromatic rings. The van der Waals surface area contributed by atoms with E-state index >= 15 is 0 Å². The molecule has 2 aromatic carbocycles. The van der Waals surface area contributed by atoms with E-state index in [0.717, 1.165) is 20.6 Å². The number of carbonyl (C=O) groups excluding carboxylic acids is 1. The third kappa shape index (κ3) is 4.16. The lowest BCUT2D eigenvalue weighted by atomic mass is 9.98. The molecule has 2 unspecified atom stereocenters. The number of rotatable bonds is 7. The minimum Gasteiger partial charge on any atom is -0.760 e. The molecule has 0 radical (unpaired) electrons. The van der Waals surface area contributed by atoms with Crippen LogP contribution < -0.4 is 0 Å². The normalized spacial score (nSPS) is 13.9. The number of carbonyl (C=O) groups is 1. The molecular weight excluding hydrogens is 314 g/mol. The van der Waals surface area contributed by atoms with Gasteiger partial charge in [-0.2, -0.15) is 0 Å². The van der Waals surface area contributed by atoms with Gasteiger partial charge in [-0.05, 0) is 22.8 Å². The van der Waals surface area contributed by atoms with Crippen LogP contribution in [-0.2, 0) is 27.2 Å². The maximum Gasteiger partial charge on any atom is 0.324 e. The molecule has 0 aliphatic carbocycles. The summed E-state index contributed by atoms with van der Waals surface area (Å²) in [6, 6.07) is 12.8. The molecule has 0 spiro atoms. The summed E-state index contributed by atoms with van der Waals surface area (Å²) in [5.74, 6) is -0.546. The zero-order valence-corrected chi connectivity index (χ0v) is 14.0. The van der Waals surface area contributed by atoms with E-state index in [2.05, 4.69) is 0 Å². The molecule has 6 heteroatoms. The molecule has 124 valence electrons. The van der Waals surface area contributed by atoms with E-state index in [1.807, 2.05) is 49.4 Å². The number of ether oxygens (including phenoxy) is 1. The quantitative estimate of drug-likeness (QED) is 0.576. The third-order valence-electron chi connectivity index (χ3n) is 3.75. The van der Waals surface area contributed by atoms with Crippen LogP contribution in [0.5, 0.6) is 0 Å². The average molecular weight is 334 g/mol. The average Bonchev–Trinajstić information content (AvgIpc) is 2.57. The predicted molar refractivity (Wildman–Crippen MR) is 89.4 cm³/mol. The molecule has 2 atom stereocenters. The van der Waals surface area contributed by atoms with E-state index in [0.29, 0.717) is 6.42 Å². The maximum absolute atomic E-state index is 12.1. The van der Waals surface area contributed by atoms with Gasteiger partial charge in [0.2, 0.25) is 0 Å². The number of methoxy groups -OCH3 is 1. The smallest absolute Gasteiger partial charge is 0.324 e. The van der Waals surface area contributed by atoms with Crippen molar-refractivity contribution in [2.24, 2.45) is 0 Å². The van der Waals surface area contributed by atoms with Crippen molar-refractivity contribution in [2.75, 3.05) is 13.7 Å². The van der Waals surface area contributed by atoms with Gasteiger partial charge < -0.3 is 9.29 Å². The van der Waals surface area contributed by atoms with Gasteiger partial charge in [0.05, 0.1) is 7.11 Å². The van der Waals surface area contributed by atoms with Gasteiger partial charge >= 0.3 is 5.97 Å². The number of nitrogens with zero attached hydrogens (tertiary/aromatic N) is 1. The monoisotopic (exact) mass is 334 g/mol.